The number of para-hydroxylation sites is 1. The minimum Gasteiger partial charge on any atom is -0.467 e. The first kappa shape index (κ1) is 21.8. The van der Waals surface area contributed by atoms with E-state index in [1.807, 2.05) is 66.7 Å². The second-order valence-electron chi connectivity index (χ2n) is 7.64. The molecule has 0 radical (unpaired) electrons. The zero-order valence-corrected chi connectivity index (χ0v) is 19.2. The zero-order valence-electron chi connectivity index (χ0n) is 18.4. The van der Waals surface area contributed by atoms with Crippen molar-refractivity contribution in [1.29, 1.82) is 0 Å². The summed E-state index contributed by atoms with van der Waals surface area (Å²) in [4.78, 5) is 17.6. The maximum Gasteiger partial charge on any atom is 0.230 e. The Hall–Kier alpha value is -4.03. The van der Waals surface area contributed by atoms with Crippen LogP contribution in [0.2, 0.25) is 0 Å². The van der Waals surface area contributed by atoms with Crippen LogP contribution in [0.5, 0.6) is 0 Å². The van der Waals surface area contributed by atoms with E-state index in [1.54, 1.807) is 6.26 Å². The number of furan rings is 1. The van der Waals surface area contributed by atoms with E-state index in [0.717, 1.165) is 39.1 Å². The van der Waals surface area contributed by atoms with E-state index >= 15 is 0 Å². The minimum absolute atomic E-state index is 0.0773. The van der Waals surface area contributed by atoms with Crippen molar-refractivity contribution in [2.75, 3.05) is 5.75 Å². The lowest BCUT2D eigenvalue weighted by Crippen LogP contribution is -2.24. The minimum atomic E-state index is -0.0773. The van der Waals surface area contributed by atoms with Crippen molar-refractivity contribution in [2.24, 2.45) is 0 Å². The van der Waals surface area contributed by atoms with Crippen LogP contribution in [0.1, 0.15) is 5.76 Å². The van der Waals surface area contributed by atoms with Gasteiger partial charge in [0.05, 0.1) is 29.9 Å². The first-order valence-corrected chi connectivity index (χ1v) is 12.0. The number of thioether (sulfide) groups is 1. The molecule has 5 rings (SSSR count). The Morgan fingerprint density at radius 3 is 2.12 bits per heavy atom. The fourth-order valence-electron chi connectivity index (χ4n) is 3.75. The Morgan fingerprint density at radius 1 is 0.824 bits per heavy atom. The molecule has 0 fully saturated rings. The molecule has 0 saturated carbocycles. The number of amides is 1. The van der Waals surface area contributed by atoms with Gasteiger partial charge in [-0.1, -0.05) is 90.6 Å². The van der Waals surface area contributed by atoms with Crippen LogP contribution < -0.4 is 5.32 Å². The van der Waals surface area contributed by atoms with Crippen LogP contribution in [-0.4, -0.2) is 21.2 Å². The van der Waals surface area contributed by atoms with E-state index in [-0.39, 0.29) is 11.7 Å². The largest absolute Gasteiger partial charge is 0.467 e. The van der Waals surface area contributed by atoms with Crippen LogP contribution in [0.15, 0.2) is 119 Å². The Bertz CT molecular complexity index is 1350. The number of aromatic nitrogens is 2. The third kappa shape index (κ3) is 4.82. The molecule has 2 aromatic heterocycles. The normalized spacial score (nSPS) is 10.8. The lowest BCUT2D eigenvalue weighted by molar-refractivity contribution is -0.118. The highest BCUT2D eigenvalue weighted by atomic mass is 32.2. The molecule has 1 amide bonds. The standard InChI is InChI=1S/C28H23N3O2S/c32-25(29-19-24-17-10-18-33-24)20-34-28-30-26(21-11-4-1-5-12-21)27(22-13-6-2-7-14-22)31(28)23-15-8-3-9-16-23/h1-18H,19-20H2,(H,29,32). The molecule has 5 nitrogen and oxygen atoms in total. The van der Waals surface area contributed by atoms with E-state index in [1.165, 1.54) is 11.8 Å². The van der Waals surface area contributed by atoms with E-state index in [2.05, 4.69) is 46.3 Å². The van der Waals surface area contributed by atoms with E-state index < -0.39 is 0 Å². The summed E-state index contributed by atoms with van der Waals surface area (Å²) in [7, 11) is 0. The van der Waals surface area contributed by atoms with Crippen molar-refractivity contribution in [3.05, 3.63) is 115 Å². The second-order valence-corrected chi connectivity index (χ2v) is 8.58. The van der Waals surface area contributed by atoms with Gasteiger partial charge in [-0.3, -0.25) is 9.36 Å². The number of hydrogen-bond donors (Lipinski definition) is 1. The van der Waals surface area contributed by atoms with Crippen molar-refractivity contribution in [2.45, 2.75) is 11.7 Å². The van der Waals surface area contributed by atoms with Gasteiger partial charge >= 0.3 is 0 Å². The number of benzene rings is 3. The highest BCUT2D eigenvalue weighted by molar-refractivity contribution is 7.99. The molecular formula is C28H23N3O2S. The summed E-state index contributed by atoms with van der Waals surface area (Å²) in [5.41, 5.74) is 4.96. The average molecular weight is 466 g/mol. The van der Waals surface area contributed by atoms with Gasteiger partial charge in [-0.05, 0) is 24.3 Å². The molecular weight excluding hydrogens is 442 g/mol. The van der Waals surface area contributed by atoms with Crippen LogP contribution in [0, 0.1) is 0 Å². The summed E-state index contributed by atoms with van der Waals surface area (Å²) < 4.78 is 7.44. The maximum absolute atomic E-state index is 12.6. The monoisotopic (exact) mass is 465 g/mol. The number of nitrogens with one attached hydrogen (secondary N) is 1. The van der Waals surface area contributed by atoms with Gasteiger partial charge in [-0.15, -0.1) is 0 Å². The number of hydrogen-bond acceptors (Lipinski definition) is 4. The molecule has 0 aliphatic rings. The quantitative estimate of drug-likeness (QED) is 0.277. The van der Waals surface area contributed by atoms with Gasteiger partial charge in [0.15, 0.2) is 5.16 Å². The lowest BCUT2D eigenvalue weighted by atomic mass is 10.0. The third-order valence-corrected chi connectivity index (χ3v) is 6.27. The highest BCUT2D eigenvalue weighted by Gasteiger charge is 2.22. The molecule has 0 atom stereocenters. The number of rotatable bonds is 8. The van der Waals surface area contributed by atoms with Gasteiger partial charge < -0.3 is 9.73 Å². The number of carbonyl (C=O) groups is 1. The summed E-state index contributed by atoms with van der Waals surface area (Å²) >= 11 is 1.42. The molecule has 0 aliphatic heterocycles. The van der Waals surface area contributed by atoms with E-state index in [0.29, 0.717) is 6.54 Å². The summed E-state index contributed by atoms with van der Waals surface area (Å²) in [5, 5.41) is 3.67. The van der Waals surface area contributed by atoms with Gasteiger partial charge in [0.1, 0.15) is 5.76 Å². The topological polar surface area (TPSA) is 60.1 Å². The number of imidazole rings is 1. The zero-order chi connectivity index (χ0) is 23.2. The van der Waals surface area contributed by atoms with Gasteiger partial charge in [0.25, 0.3) is 0 Å². The Morgan fingerprint density at radius 2 is 1.47 bits per heavy atom. The molecule has 3 aromatic carbocycles. The van der Waals surface area contributed by atoms with Gasteiger partial charge in [-0.25, -0.2) is 4.98 Å². The van der Waals surface area contributed by atoms with Gasteiger partial charge in [-0.2, -0.15) is 0 Å². The summed E-state index contributed by atoms with van der Waals surface area (Å²) in [6.07, 6.45) is 1.60. The van der Waals surface area contributed by atoms with Crippen molar-refractivity contribution in [3.8, 4) is 28.2 Å². The van der Waals surface area contributed by atoms with Gasteiger partial charge in [0, 0.05) is 16.8 Å². The second kappa shape index (κ2) is 10.3. The first-order valence-electron chi connectivity index (χ1n) is 11.0. The van der Waals surface area contributed by atoms with E-state index in [4.69, 9.17) is 9.40 Å². The van der Waals surface area contributed by atoms with Crippen molar-refractivity contribution in [1.82, 2.24) is 14.9 Å². The fraction of sp³-hybridized carbons (Fsp3) is 0.0714. The maximum atomic E-state index is 12.6. The molecule has 6 heteroatoms. The molecule has 0 aliphatic carbocycles. The van der Waals surface area contributed by atoms with Crippen LogP contribution in [0.4, 0.5) is 0 Å². The Kier molecular flexibility index (Phi) is 6.59. The predicted molar refractivity (Wildman–Crippen MR) is 136 cm³/mol. The lowest BCUT2D eigenvalue weighted by Gasteiger charge is -2.13. The molecule has 5 aromatic rings. The summed E-state index contributed by atoms with van der Waals surface area (Å²) in [5.74, 6) is 0.890. The van der Waals surface area contributed by atoms with Gasteiger partial charge in [0.2, 0.25) is 5.91 Å². The average Bonchev–Trinajstić information content (AvgIpc) is 3.56. The summed E-state index contributed by atoms with van der Waals surface area (Å²) in [6.45, 7) is 0.365. The van der Waals surface area contributed by atoms with Crippen molar-refractivity contribution >= 4 is 17.7 Å². The predicted octanol–water partition coefficient (Wildman–Crippen LogP) is 6.21. The van der Waals surface area contributed by atoms with Crippen LogP contribution in [0.25, 0.3) is 28.2 Å². The fourth-order valence-corrected chi connectivity index (χ4v) is 4.60. The van der Waals surface area contributed by atoms with Crippen LogP contribution >= 0.6 is 11.8 Å². The van der Waals surface area contributed by atoms with Crippen molar-refractivity contribution in [3.63, 3.8) is 0 Å². The van der Waals surface area contributed by atoms with Crippen molar-refractivity contribution < 1.29 is 9.21 Å². The SMILES string of the molecule is O=C(CSc1nc(-c2ccccc2)c(-c2ccccc2)n1-c1ccccc1)NCc1ccco1. The molecule has 34 heavy (non-hydrogen) atoms. The first-order chi connectivity index (χ1) is 16.8. The number of carbonyl (C=O) groups excluding carboxylic acids is 1. The smallest absolute Gasteiger partial charge is 0.230 e. The van der Waals surface area contributed by atoms with E-state index in [9.17, 15) is 4.79 Å². The molecule has 0 bridgehead atoms. The Labute approximate surface area is 202 Å². The van der Waals surface area contributed by atoms with Crippen LogP contribution in [0.3, 0.4) is 0 Å². The third-order valence-electron chi connectivity index (χ3n) is 5.33. The number of nitrogens with zero attached hydrogens (tertiary/aromatic N) is 2. The molecule has 1 N–H and O–H groups in total. The molecule has 0 saturated heterocycles. The Balaban J connectivity index is 1.54. The van der Waals surface area contributed by atoms with Crippen LogP contribution in [-0.2, 0) is 11.3 Å². The molecule has 0 spiro atoms. The molecule has 168 valence electrons. The molecule has 2 heterocycles. The molecule has 0 unspecified atom stereocenters. The summed E-state index contributed by atoms with van der Waals surface area (Å²) in [6, 6.07) is 34.2. The highest BCUT2D eigenvalue weighted by Crippen LogP contribution is 2.38.